The van der Waals surface area contributed by atoms with Crippen molar-refractivity contribution in [3.63, 3.8) is 0 Å². The predicted octanol–water partition coefficient (Wildman–Crippen LogP) is 7.28. The van der Waals surface area contributed by atoms with Crippen LogP contribution in [0.1, 0.15) is 60.8 Å². The van der Waals surface area contributed by atoms with Gasteiger partial charge in [0.15, 0.2) is 0 Å². The Morgan fingerprint density at radius 2 is 1.68 bits per heavy atom. The molecule has 8 heteroatoms. The van der Waals surface area contributed by atoms with E-state index in [4.69, 9.17) is 5.10 Å². The van der Waals surface area contributed by atoms with Crippen LogP contribution in [-0.4, -0.2) is 39.7 Å². The third-order valence-electron chi connectivity index (χ3n) is 7.40. The maximum atomic E-state index is 13.0. The number of aryl methyl sites for hydroxylation is 1. The monoisotopic (exact) mass is 555 g/mol. The number of amides is 3. The number of carbonyl (C=O) groups excluding carboxylic acids is 2. The lowest BCUT2D eigenvalue weighted by molar-refractivity contribution is 0.0691. The van der Waals surface area contributed by atoms with Crippen LogP contribution in [0.3, 0.4) is 0 Å². The number of anilines is 2. The van der Waals surface area contributed by atoms with Gasteiger partial charge in [0.2, 0.25) is 0 Å². The summed E-state index contributed by atoms with van der Waals surface area (Å²) in [6.45, 7) is 9.96. The highest BCUT2D eigenvalue weighted by atomic mass is 32.1. The van der Waals surface area contributed by atoms with Crippen LogP contribution >= 0.6 is 11.3 Å². The molecule has 1 fully saturated rings. The lowest BCUT2D eigenvalue weighted by Crippen LogP contribution is -2.38. The van der Waals surface area contributed by atoms with Crippen molar-refractivity contribution in [1.29, 1.82) is 0 Å². The molecule has 40 heavy (non-hydrogen) atoms. The topological polar surface area (TPSA) is 79.3 Å². The van der Waals surface area contributed by atoms with Gasteiger partial charge in [0.1, 0.15) is 5.82 Å². The second kappa shape index (κ2) is 11.7. The largest absolute Gasteiger partial charge is 0.339 e. The lowest BCUT2D eigenvalue weighted by atomic mass is 9.90. The highest BCUT2D eigenvalue weighted by molar-refractivity contribution is 7.08. The fourth-order valence-corrected chi connectivity index (χ4v) is 5.59. The zero-order valence-corrected chi connectivity index (χ0v) is 24.4. The zero-order chi connectivity index (χ0) is 28.3. The number of urea groups is 1. The first-order valence-corrected chi connectivity index (χ1v) is 14.8. The van der Waals surface area contributed by atoms with Gasteiger partial charge in [-0.3, -0.25) is 10.1 Å². The Bertz CT molecular complexity index is 1440. The summed E-state index contributed by atoms with van der Waals surface area (Å²) in [6, 6.07) is 19.6. The molecule has 2 aromatic carbocycles. The molecule has 3 heterocycles. The number of hydrogen-bond acceptors (Lipinski definition) is 4. The first-order chi connectivity index (χ1) is 19.2. The van der Waals surface area contributed by atoms with E-state index in [1.807, 2.05) is 71.1 Å². The predicted molar refractivity (Wildman–Crippen MR) is 163 cm³/mol. The number of carbonyl (C=O) groups is 2. The molecule has 0 saturated carbocycles. The molecule has 0 aliphatic carbocycles. The number of rotatable bonds is 6. The van der Waals surface area contributed by atoms with Gasteiger partial charge in [-0.25, -0.2) is 9.48 Å². The van der Waals surface area contributed by atoms with Crippen LogP contribution in [0.2, 0.25) is 0 Å². The standard InChI is InChI=1S/C32H37N5O2S/c1-22-5-11-27(12-6-22)37-29(20-28(35-37)32(2,3)4)34-31(39)33-26-9-7-23(8-10-26)19-24-13-16-36(17-14-24)30(38)25-15-18-40-21-25/h5-12,15,18,20-21,24H,13-14,16-17,19H2,1-4H3,(H2,33,34,39). The highest BCUT2D eigenvalue weighted by Gasteiger charge is 2.24. The molecule has 0 unspecified atom stereocenters. The molecule has 7 nitrogen and oxygen atoms in total. The average Bonchev–Trinajstić information content (AvgIpc) is 3.61. The quantitative estimate of drug-likeness (QED) is 0.262. The number of aromatic nitrogens is 2. The maximum absolute atomic E-state index is 13.0. The molecule has 0 radical (unpaired) electrons. The Kier molecular flexibility index (Phi) is 8.07. The minimum atomic E-state index is -0.316. The van der Waals surface area contributed by atoms with E-state index in [9.17, 15) is 9.59 Å². The molecule has 1 aliphatic rings. The maximum Gasteiger partial charge on any atom is 0.324 e. The number of likely N-dealkylation sites (tertiary alicyclic amines) is 1. The molecule has 1 aliphatic heterocycles. The van der Waals surface area contributed by atoms with Crippen molar-refractivity contribution in [3.8, 4) is 5.69 Å². The van der Waals surface area contributed by atoms with Crippen LogP contribution in [0.4, 0.5) is 16.3 Å². The van der Waals surface area contributed by atoms with Crippen LogP contribution in [0, 0.1) is 12.8 Å². The van der Waals surface area contributed by atoms with Crippen molar-refractivity contribution in [2.75, 3.05) is 23.7 Å². The van der Waals surface area contributed by atoms with Crippen molar-refractivity contribution >= 4 is 34.8 Å². The van der Waals surface area contributed by atoms with Crippen LogP contribution in [0.25, 0.3) is 5.69 Å². The van der Waals surface area contributed by atoms with Crippen LogP contribution in [0.15, 0.2) is 71.4 Å². The molecular formula is C32H37N5O2S. The normalized spacial score (nSPS) is 14.2. The Balaban J connectivity index is 1.17. The smallest absolute Gasteiger partial charge is 0.324 e. The van der Waals surface area contributed by atoms with Crippen molar-refractivity contribution in [3.05, 3.63) is 93.8 Å². The number of thiophene rings is 1. The van der Waals surface area contributed by atoms with Crippen molar-refractivity contribution in [2.24, 2.45) is 5.92 Å². The molecule has 2 aromatic heterocycles. The molecule has 3 amide bonds. The fourth-order valence-electron chi connectivity index (χ4n) is 4.96. The first kappa shape index (κ1) is 27.6. The summed E-state index contributed by atoms with van der Waals surface area (Å²) < 4.78 is 1.78. The van der Waals surface area contributed by atoms with Gasteiger partial charge in [-0.2, -0.15) is 16.4 Å². The summed E-state index contributed by atoms with van der Waals surface area (Å²) in [4.78, 5) is 27.5. The Morgan fingerprint density at radius 1 is 0.975 bits per heavy atom. The number of nitrogens with one attached hydrogen (secondary N) is 2. The van der Waals surface area contributed by atoms with Gasteiger partial charge in [-0.1, -0.05) is 50.6 Å². The van der Waals surface area contributed by atoms with Crippen molar-refractivity contribution < 1.29 is 9.59 Å². The van der Waals surface area contributed by atoms with Crippen molar-refractivity contribution in [1.82, 2.24) is 14.7 Å². The van der Waals surface area contributed by atoms with E-state index in [1.54, 1.807) is 16.0 Å². The van der Waals surface area contributed by atoms with Crippen LogP contribution in [-0.2, 0) is 11.8 Å². The summed E-state index contributed by atoms with van der Waals surface area (Å²) in [6.07, 6.45) is 2.98. The van der Waals surface area contributed by atoms with Crippen molar-refractivity contribution in [2.45, 2.75) is 52.4 Å². The lowest BCUT2D eigenvalue weighted by Gasteiger charge is -2.32. The van der Waals surface area contributed by atoms with Gasteiger partial charge in [-0.15, -0.1) is 0 Å². The Morgan fingerprint density at radius 3 is 2.30 bits per heavy atom. The van der Waals surface area contributed by atoms with E-state index >= 15 is 0 Å². The van der Waals surface area contributed by atoms with E-state index in [2.05, 4.69) is 43.5 Å². The van der Waals surface area contributed by atoms with E-state index in [-0.39, 0.29) is 17.4 Å². The number of nitrogens with zero attached hydrogens (tertiary/aromatic N) is 3. The van der Waals surface area contributed by atoms with E-state index in [1.165, 1.54) is 5.56 Å². The minimum absolute atomic E-state index is 0.143. The molecule has 0 bridgehead atoms. The SMILES string of the molecule is Cc1ccc(-n2nc(C(C)(C)C)cc2NC(=O)Nc2ccc(CC3CCN(C(=O)c4ccsc4)CC3)cc2)cc1. The Hall–Kier alpha value is -3.91. The second-order valence-electron chi connectivity index (χ2n) is 11.6. The molecule has 0 spiro atoms. The van der Waals surface area contributed by atoms with Crippen LogP contribution < -0.4 is 10.6 Å². The fraction of sp³-hybridized carbons (Fsp3) is 0.344. The van der Waals surface area contributed by atoms with Crippen LogP contribution in [0.5, 0.6) is 0 Å². The first-order valence-electron chi connectivity index (χ1n) is 13.8. The summed E-state index contributed by atoms with van der Waals surface area (Å²) >= 11 is 1.56. The Labute approximate surface area is 240 Å². The van der Waals surface area contributed by atoms with Gasteiger partial charge >= 0.3 is 6.03 Å². The summed E-state index contributed by atoms with van der Waals surface area (Å²) in [7, 11) is 0. The third kappa shape index (κ3) is 6.62. The molecule has 0 atom stereocenters. The highest BCUT2D eigenvalue weighted by Crippen LogP contribution is 2.27. The molecule has 2 N–H and O–H groups in total. The second-order valence-corrected chi connectivity index (χ2v) is 12.4. The van der Waals surface area contributed by atoms with Gasteiger partial charge in [-0.05, 0) is 73.4 Å². The number of piperidine rings is 1. The van der Waals surface area contributed by atoms with Gasteiger partial charge in [0, 0.05) is 35.6 Å². The van der Waals surface area contributed by atoms with Gasteiger partial charge in [0.05, 0.1) is 16.9 Å². The minimum Gasteiger partial charge on any atom is -0.339 e. The number of benzene rings is 2. The molecule has 4 aromatic rings. The van der Waals surface area contributed by atoms with E-state index in [0.717, 1.165) is 60.5 Å². The van der Waals surface area contributed by atoms with Gasteiger partial charge in [0.25, 0.3) is 5.91 Å². The van der Waals surface area contributed by atoms with Gasteiger partial charge < -0.3 is 10.2 Å². The molecular weight excluding hydrogens is 518 g/mol. The number of hydrogen-bond donors (Lipinski definition) is 2. The summed E-state index contributed by atoms with van der Waals surface area (Å²) in [5, 5.41) is 14.6. The third-order valence-corrected chi connectivity index (χ3v) is 8.09. The molecule has 5 rings (SSSR count). The zero-order valence-electron chi connectivity index (χ0n) is 23.6. The molecule has 208 valence electrons. The van der Waals surface area contributed by atoms with E-state index in [0.29, 0.717) is 11.7 Å². The van der Waals surface area contributed by atoms with E-state index < -0.39 is 0 Å². The average molecular weight is 556 g/mol. The molecule has 1 saturated heterocycles. The summed E-state index contributed by atoms with van der Waals surface area (Å²) in [5.74, 6) is 1.31. The summed E-state index contributed by atoms with van der Waals surface area (Å²) in [5.41, 5.74) is 5.56.